The first kappa shape index (κ1) is 15.2. The van der Waals surface area contributed by atoms with Crippen molar-refractivity contribution < 1.29 is 14.4 Å². The van der Waals surface area contributed by atoms with Crippen LogP contribution >= 0.6 is 15.9 Å². The Kier molecular flexibility index (Phi) is 4.70. The molecule has 0 spiro atoms. The standard InChI is InChI=1S/C15H13BrN2O3/c1-18(2)14(19)13(16)17-21-15(20)12-8-7-10-5-3-4-6-11(10)9-12/h3-9H,1-2H3. The molecule has 0 aliphatic heterocycles. The fourth-order valence-electron chi connectivity index (χ4n) is 1.67. The minimum atomic E-state index is -0.621. The van der Waals surface area contributed by atoms with Crippen LogP contribution in [-0.2, 0) is 9.63 Å². The van der Waals surface area contributed by atoms with E-state index in [0.717, 1.165) is 10.8 Å². The number of hydrogen-bond acceptors (Lipinski definition) is 4. The SMILES string of the molecule is CN(C)C(=O)C(Br)=NOC(=O)c1ccc2ccccc2c1. The predicted molar refractivity (Wildman–Crippen MR) is 84.4 cm³/mol. The molecule has 0 saturated heterocycles. The highest BCUT2D eigenvalue weighted by molar-refractivity contribution is 9.19. The molecule has 0 fully saturated rings. The quantitative estimate of drug-likeness (QED) is 0.486. The summed E-state index contributed by atoms with van der Waals surface area (Å²) in [7, 11) is 3.15. The molecule has 0 aliphatic rings. The van der Waals surface area contributed by atoms with Crippen LogP contribution in [0.5, 0.6) is 0 Å². The summed E-state index contributed by atoms with van der Waals surface area (Å²) < 4.78 is -0.0679. The average molecular weight is 349 g/mol. The summed E-state index contributed by atoms with van der Waals surface area (Å²) in [5.41, 5.74) is 0.370. The first-order valence-electron chi connectivity index (χ1n) is 6.14. The van der Waals surface area contributed by atoms with Crippen molar-refractivity contribution in [2.45, 2.75) is 0 Å². The van der Waals surface area contributed by atoms with Crippen molar-refractivity contribution in [3.8, 4) is 0 Å². The number of nitrogens with zero attached hydrogens (tertiary/aromatic N) is 2. The second-order valence-electron chi connectivity index (χ2n) is 4.52. The lowest BCUT2D eigenvalue weighted by molar-refractivity contribution is -0.121. The fourth-order valence-corrected chi connectivity index (χ4v) is 2.10. The third-order valence-electron chi connectivity index (χ3n) is 2.78. The number of halogens is 1. The highest BCUT2D eigenvalue weighted by Gasteiger charge is 2.13. The van der Waals surface area contributed by atoms with Crippen molar-refractivity contribution in [2.24, 2.45) is 5.16 Å². The molecule has 0 bridgehead atoms. The predicted octanol–water partition coefficient (Wildman–Crippen LogP) is 2.79. The lowest BCUT2D eigenvalue weighted by Crippen LogP contribution is -2.26. The van der Waals surface area contributed by atoms with E-state index in [1.54, 1.807) is 26.2 Å². The molecule has 2 aromatic rings. The van der Waals surface area contributed by atoms with Gasteiger partial charge in [-0.05, 0) is 38.8 Å². The van der Waals surface area contributed by atoms with Crippen molar-refractivity contribution >= 4 is 43.2 Å². The zero-order chi connectivity index (χ0) is 15.4. The van der Waals surface area contributed by atoms with Crippen LogP contribution in [-0.4, -0.2) is 35.5 Å². The Labute approximate surface area is 130 Å². The smallest absolute Gasteiger partial charge is 0.343 e. The van der Waals surface area contributed by atoms with Gasteiger partial charge in [-0.15, -0.1) is 0 Å². The zero-order valence-corrected chi connectivity index (χ0v) is 13.1. The van der Waals surface area contributed by atoms with Crippen LogP contribution in [0.25, 0.3) is 10.8 Å². The number of rotatable bonds is 3. The van der Waals surface area contributed by atoms with Crippen LogP contribution in [0.15, 0.2) is 47.6 Å². The molecule has 6 heteroatoms. The molecule has 2 rings (SSSR count). The van der Waals surface area contributed by atoms with Crippen LogP contribution in [0.4, 0.5) is 0 Å². The van der Waals surface area contributed by atoms with Gasteiger partial charge in [0, 0.05) is 14.1 Å². The van der Waals surface area contributed by atoms with Crippen LogP contribution in [0.3, 0.4) is 0 Å². The Balaban J connectivity index is 2.15. The van der Waals surface area contributed by atoms with Gasteiger partial charge in [0.25, 0.3) is 5.91 Å². The highest BCUT2D eigenvalue weighted by Crippen LogP contribution is 2.16. The van der Waals surface area contributed by atoms with E-state index >= 15 is 0 Å². The fraction of sp³-hybridized carbons (Fsp3) is 0.133. The normalized spacial score (nSPS) is 11.3. The van der Waals surface area contributed by atoms with Gasteiger partial charge in [0.2, 0.25) is 4.62 Å². The number of carbonyl (C=O) groups is 2. The highest BCUT2D eigenvalue weighted by atomic mass is 79.9. The Morgan fingerprint density at radius 2 is 1.76 bits per heavy atom. The van der Waals surface area contributed by atoms with Crippen molar-refractivity contribution in [3.63, 3.8) is 0 Å². The summed E-state index contributed by atoms with van der Waals surface area (Å²) in [6, 6.07) is 12.9. The summed E-state index contributed by atoms with van der Waals surface area (Å²) in [6.07, 6.45) is 0. The first-order valence-corrected chi connectivity index (χ1v) is 6.93. The molecule has 108 valence electrons. The topological polar surface area (TPSA) is 59.0 Å². The molecular weight excluding hydrogens is 336 g/mol. The number of fused-ring (bicyclic) bond motifs is 1. The van der Waals surface area contributed by atoms with Crippen LogP contribution in [0.2, 0.25) is 0 Å². The van der Waals surface area contributed by atoms with Crippen LogP contribution < -0.4 is 0 Å². The molecule has 0 heterocycles. The molecule has 0 aliphatic carbocycles. The van der Waals surface area contributed by atoms with E-state index in [1.807, 2.05) is 30.3 Å². The number of oxime groups is 1. The largest absolute Gasteiger partial charge is 0.365 e. The molecule has 0 unspecified atom stereocenters. The maximum Gasteiger partial charge on any atom is 0.365 e. The van der Waals surface area contributed by atoms with Crippen molar-refractivity contribution in [2.75, 3.05) is 14.1 Å². The average Bonchev–Trinajstić information content (AvgIpc) is 2.50. The molecule has 1 amide bonds. The van der Waals surface area contributed by atoms with E-state index in [-0.39, 0.29) is 10.5 Å². The minimum absolute atomic E-state index is 0.0679. The minimum Gasteiger partial charge on any atom is -0.343 e. The van der Waals surface area contributed by atoms with E-state index in [2.05, 4.69) is 21.1 Å². The lowest BCUT2D eigenvalue weighted by atomic mass is 10.1. The van der Waals surface area contributed by atoms with Gasteiger partial charge in [0.1, 0.15) is 0 Å². The maximum absolute atomic E-state index is 11.9. The Bertz CT molecular complexity index is 726. The molecule has 21 heavy (non-hydrogen) atoms. The first-order chi connectivity index (χ1) is 9.99. The number of carbonyl (C=O) groups excluding carboxylic acids is 2. The number of hydrogen-bond donors (Lipinski definition) is 0. The number of amides is 1. The van der Waals surface area contributed by atoms with Gasteiger partial charge in [-0.1, -0.05) is 35.5 Å². The van der Waals surface area contributed by atoms with E-state index in [0.29, 0.717) is 5.56 Å². The molecule has 5 nitrogen and oxygen atoms in total. The van der Waals surface area contributed by atoms with Gasteiger partial charge in [0.05, 0.1) is 5.56 Å². The molecule has 0 saturated carbocycles. The van der Waals surface area contributed by atoms with Gasteiger partial charge in [0.15, 0.2) is 0 Å². The van der Waals surface area contributed by atoms with Gasteiger partial charge < -0.3 is 9.74 Å². The van der Waals surface area contributed by atoms with E-state index in [1.165, 1.54) is 4.90 Å². The molecule has 2 aromatic carbocycles. The lowest BCUT2D eigenvalue weighted by Gasteiger charge is -2.07. The summed E-state index contributed by atoms with van der Waals surface area (Å²) in [5, 5.41) is 5.45. The van der Waals surface area contributed by atoms with Crippen molar-refractivity contribution in [1.82, 2.24) is 4.90 Å². The monoisotopic (exact) mass is 348 g/mol. The number of benzene rings is 2. The van der Waals surface area contributed by atoms with Gasteiger partial charge in [-0.3, -0.25) is 4.79 Å². The van der Waals surface area contributed by atoms with Crippen LogP contribution in [0.1, 0.15) is 10.4 Å². The van der Waals surface area contributed by atoms with Crippen molar-refractivity contribution in [1.29, 1.82) is 0 Å². The van der Waals surface area contributed by atoms with Crippen LogP contribution in [0, 0.1) is 0 Å². The van der Waals surface area contributed by atoms with Gasteiger partial charge in [-0.2, -0.15) is 0 Å². The van der Waals surface area contributed by atoms with Gasteiger partial charge in [-0.25, -0.2) is 4.79 Å². The molecule has 0 aromatic heterocycles. The molecule has 0 atom stereocenters. The van der Waals surface area contributed by atoms with Crippen molar-refractivity contribution in [3.05, 3.63) is 48.0 Å². The third-order valence-corrected chi connectivity index (χ3v) is 3.26. The Morgan fingerprint density at radius 1 is 1.10 bits per heavy atom. The Morgan fingerprint density at radius 3 is 2.43 bits per heavy atom. The van der Waals surface area contributed by atoms with E-state index < -0.39 is 5.97 Å². The summed E-state index contributed by atoms with van der Waals surface area (Å²) in [4.78, 5) is 29.5. The zero-order valence-electron chi connectivity index (χ0n) is 11.5. The molecule has 0 N–H and O–H groups in total. The third kappa shape index (κ3) is 3.66. The van der Waals surface area contributed by atoms with Gasteiger partial charge >= 0.3 is 5.97 Å². The second kappa shape index (κ2) is 6.49. The van der Waals surface area contributed by atoms with E-state index in [9.17, 15) is 9.59 Å². The Hall–Kier alpha value is -2.21. The summed E-state index contributed by atoms with van der Waals surface area (Å²) >= 11 is 2.97. The second-order valence-corrected chi connectivity index (χ2v) is 5.27. The van der Waals surface area contributed by atoms with E-state index in [4.69, 9.17) is 4.84 Å². The molecular formula is C15H13BrN2O3. The summed E-state index contributed by atoms with van der Waals surface area (Å²) in [6.45, 7) is 0. The maximum atomic E-state index is 11.9. The molecule has 0 radical (unpaired) electrons. The summed E-state index contributed by atoms with van der Waals surface area (Å²) in [5.74, 6) is -1.01.